The van der Waals surface area contributed by atoms with Gasteiger partial charge < -0.3 is 10.1 Å². The van der Waals surface area contributed by atoms with Gasteiger partial charge in [-0.3, -0.25) is 9.20 Å². The Morgan fingerprint density at radius 2 is 1.76 bits per heavy atom. The number of hydrogen-bond acceptors (Lipinski definition) is 3. The Labute approximate surface area is 263 Å². The number of hydrogen-bond donors (Lipinski definition) is 1. The first-order valence-electron chi connectivity index (χ1n) is 15.3. The maximum atomic E-state index is 15.1. The van der Waals surface area contributed by atoms with Crippen molar-refractivity contribution >= 4 is 23.2 Å². The van der Waals surface area contributed by atoms with Crippen molar-refractivity contribution in [1.82, 2.24) is 14.7 Å². The zero-order valence-corrected chi connectivity index (χ0v) is 25.7. The van der Waals surface area contributed by atoms with Crippen LogP contribution in [0.2, 0.25) is 5.02 Å². The molecule has 1 aliphatic rings. The molecule has 240 valence electrons. The van der Waals surface area contributed by atoms with Crippen molar-refractivity contribution in [1.29, 1.82) is 0 Å². The van der Waals surface area contributed by atoms with Crippen LogP contribution in [0.4, 0.5) is 22.0 Å². The van der Waals surface area contributed by atoms with Crippen LogP contribution in [-0.4, -0.2) is 28.2 Å². The summed E-state index contributed by atoms with van der Waals surface area (Å²) in [5, 5.41) is 3.31. The Kier molecular flexibility index (Phi) is 10.3. The van der Waals surface area contributed by atoms with Crippen LogP contribution in [0.15, 0.2) is 54.7 Å². The number of pyridine rings is 1. The predicted molar refractivity (Wildman–Crippen MR) is 163 cm³/mol. The van der Waals surface area contributed by atoms with E-state index in [0.717, 1.165) is 37.7 Å². The van der Waals surface area contributed by atoms with Crippen LogP contribution in [0, 0.1) is 17.6 Å². The molecular formula is C34H35ClF5N3O2. The summed E-state index contributed by atoms with van der Waals surface area (Å²) in [7, 11) is 0. The van der Waals surface area contributed by atoms with Gasteiger partial charge in [-0.05, 0) is 104 Å². The third kappa shape index (κ3) is 8.34. The van der Waals surface area contributed by atoms with Gasteiger partial charge in [-0.2, -0.15) is 0 Å². The molecule has 2 aromatic heterocycles. The number of carbonyl (C=O) groups is 1. The minimum Gasteiger partial charge on any atom is -0.406 e. The Bertz CT molecular complexity index is 1610. The van der Waals surface area contributed by atoms with Gasteiger partial charge in [0.05, 0.1) is 10.7 Å². The summed E-state index contributed by atoms with van der Waals surface area (Å²) in [6.45, 7) is 2.10. The summed E-state index contributed by atoms with van der Waals surface area (Å²) in [5.74, 6) is -1.22. The van der Waals surface area contributed by atoms with Gasteiger partial charge >= 0.3 is 6.36 Å². The number of aromatic nitrogens is 2. The molecule has 4 aromatic rings. The highest BCUT2D eigenvalue weighted by Gasteiger charge is 2.31. The molecule has 1 N–H and O–H groups in total. The average molecular weight is 648 g/mol. The third-order valence-corrected chi connectivity index (χ3v) is 8.80. The number of imidazole rings is 1. The Morgan fingerprint density at radius 3 is 2.44 bits per heavy atom. The highest BCUT2D eigenvalue weighted by molar-refractivity contribution is 6.30. The summed E-state index contributed by atoms with van der Waals surface area (Å²) >= 11 is 6.11. The van der Waals surface area contributed by atoms with Crippen LogP contribution >= 0.6 is 11.6 Å². The van der Waals surface area contributed by atoms with E-state index in [1.54, 1.807) is 34.9 Å². The maximum absolute atomic E-state index is 15.1. The van der Waals surface area contributed by atoms with Gasteiger partial charge in [-0.25, -0.2) is 13.8 Å². The Balaban J connectivity index is 1.12. The average Bonchev–Trinajstić information content (AvgIpc) is 3.18. The number of alkyl halides is 3. The number of ether oxygens (including phenoxy) is 1. The normalized spacial score (nSPS) is 17.3. The van der Waals surface area contributed by atoms with Crippen molar-refractivity contribution in [2.45, 2.75) is 77.0 Å². The number of halogens is 6. The lowest BCUT2D eigenvalue weighted by atomic mass is 9.89. The van der Waals surface area contributed by atoms with Crippen LogP contribution in [0.3, 0.4) is 0 Å². The van der Waals surface area contributed by atoms with Gasteiger partial charge in [0.1, 0.15) is 28.7 Å². The van der Waals surface area contributed by atoms with Gasteiger partial charge in [0.25, 0.3) is 5.91 Å². The van der Waals surface area contributed by atoms with E-state index < -0.39 is 18.0 Å². The van der Waals surface area contributed by atoms with Crippen LogP contribution in [0.1, 0.15) is 84.2 Å². The molecule has 11 heteroatoms. The molecule has 1 saturated carbocycles. The molecule has 0 bridgehead atoms. The largest absolute Gasteiger partial charge is 0.573 e. The van der Waals surface area contributed by atoms with Gasteiger partial charge in [-0.15, -0.1) is 13.2 Å². The fourth-order valence-electron chi connectivity index (χ4n) is 6.29. The molecule has 2 atom stereocenters. The lowest BCUT2D eigenvalue weighted by Gasteiger charge is -2.17. The zero-order valence-electron chi connectivity index (χ0n) is 24.9. The SMILES string of the molecule is CCc1nc2ccc(Cl)cn2c1C(=O)NCCc1cc(F)c(CCC2CCCC(c3ccc(OC(F)(F)F)cc3)CC2)c(F)c1. The zero-order chi connectivity index (χ0) is 32.1. The standard InChI is InChI=1S/C34H35ClF5N3O2/c1-2-30-32(43-20-25(35)11-15-31(43)42-30)33(44)41-17-16-22-18-28(36)27(29(37)19-22)14-7-21-4-3-5-23(8-6-21)24-9-12-26(13-10-24)45-34(38,39)40/h9-13,15,18-21,23H,2-8,14,16-17H2,1H3,(H,41,44). The van der Waals surface area contributed by atoms with Crippen molar-refractivity contribution in [2.75, 3.05) is 6.54 Å². The second-order valence-electron chi connectivity index (χ2n) is 11.6. The first kappa shape index (κ1) is 32.7. The molecule has 45 heavy (non-hydrogen) atoms. The molecule has 1 amide bonds. The van der Waals surface area contributed by atoms with Crippen LogP contribution in [0.25, 0.3) is 5.65 Å². The summed E-state index contributed by atoms with van der Waals surface area (Å²) in [6, 6.07) is 12.2. The van der Waals surface area contributed by atoms with E-state index >= 15 is 8.78 Å². The fraction of sp³-hybridized carbons (Fsp3) is 0.412. The second kappa shape index (κ2) is 14.2. The van der Waals surface area contributed by atoms with E-state index in [1.807, 2.05) is 6.92 Å². The van der Waals surface area contributed by atoms with Gasteiger partial charge in [0, 0.05) is 18.3 Å². The van der Waals surface area contributed by atoms with Gasteiger partial charge in [0.15, 0.2) is 0 Å². The lowest BCUT2D eigenvalue weighted by Crippen LogP contribution is -2.28. The minimum absolute atomic E-state index is 0.0685. The maximum Gasteiger partial charge on any atom is 0.573 e. The Hall–Kier alpha value is -3.66. The molecule has 0 spiro atoms. The van der Waals surface area contributed by atoms with Gasteiger partial charge in [0.2, 0.25) is 0 Å². The quantitative estimate of drug-likeness (QED) is 0.138. The molecule has 2 heterocycles. The molecule has 2 aromatic carbocycles. The summed E-state index contributed by atoms with van der Waals surface area (Å²) in [5.41, 5.74) is 3.13. The fourth-order valence-corrected chi connectivity index (χ4v) is 6.45. The predicted octanol–water partition coefficient (Wildman–Crippen LogP) is 9.00. The van der Waals surface area contributed by atoms with E-state index in [9.17, 15) is 18.0 Å². The Morgan fingerprint density at radius 1 is 1.02 bits per heavy atom. The van der Waals surface area contributed by atoms with Crippen molar-refractivity contribution in [2.24, 2.45) is 5.92 Å². The molecular weight excluding hydrogens is 613 g/mol. The van der Waals surface area contributed by atoms with E-state index in [2.05, 4.69) is 15.0 Å². The topological polar surface area (TPSA) is 55.6 Å². The molecule has 0 aliphatic heterocycles. The molecule has 5 rings (SSSR count). The monoisotopic (exact) mass is 647 g/mol. The number of nitrogens with one attached hydrogen (secondary N) is 1. The molecule has 2 unspecified atom stereocenters. The number of benzene rings is 2. The number of fused-ring (bicyclic) bond motifs is 1. The highest BCUT2D eigenvalue weighted by atomic mass is 35.5. The van der Waals surface area contributed by atoms with E-state index in [1.165, 1.54) is 24.3 Å². The van der Waals surface area contributed by atoms with Crippen molar-refractivity contribution < 1.29 is 31.5 Å². The van der Waals surface area contributed by atoms with Crippen molar-refractivity contribution in [3.63, 3.8) is 0 Å². The van der Waals surface area contributed by atoms with E-state index in [-0.39, 0.29) is 42.5 Å². The smallest absolute Gasteiger partial charge is 0.406 e. The number of aryl methyl sites for hydroxylation is 1. The first-order chi connectivity index (χ1) is 21.5. The summed E-state index contributed by atoms with van der Waals surface area (Å²) in [4.78, 5) is 17.5. The van der Waals surface area contributed by atoms with Crippen LogP contribution in [-0.2, 0) is 19.3 Å². The molecule has 1 aliphatic carbocycles. The summed E-state index contributed by atoms with van der Waals surface area (Å²) in [6.07, 6.45) is 3.18. The van der Waals surface area contributed by atoms with Crippen molar-refractivity contribution in [3.8, 4) is 5.75 Å². The van der Waals surface area contributed by atoms with E-state index in [4.69, 9.17) is 11.6 Å². The third-order valence-electron chi connectivity index (χ3n) is 8.58. The van der Waals surface area contributed by atoms with Crippen molar-refractivity contribution in [3.05, 3.63) is 99.5 Å². The molecule has 0 saturated heterocycles. The lowest BCUT2D eigenvalue weighted by molar-refractivity contribution is -0.274. The number of rotatable bonds is 10. The summed E-state index contributed by atoms with van der Waals surface area (Å²) < 4.78 is 73.1. The minimum atomic E-state index is -4.72. The number of nitrogens with zero attached hydrogens (tertiary/aromatic N) is 2. The molecule has 0 radical (unpaired) electrons. The van der Waals surface area contributed by atoms with Gasteiger partial charge in [-0.1, -0.05) is 43.5 Å². The first-order valence-corrected chi connectivity index (χ1v) is 15.7. The van der Waals surface area contributed by atoms with Crippen LogP contribution in [0.5, 0.6) is 5.75 Å². The molecule has 5 nitrogen and oxygen atoms in total. The number of carbonyl (C=O) groups excluding carboxylic acids is 1. The van der Waals surface area contributed by atoms with Crippen LogP contribution < -0.4 is 10.1 Å². The second-order valence-corrected chi connectivity index (χ2v) is 12.0. The highest BCUT2D eigenvalue weighted by Crippen LogP contribution is 2.37. The number of amides is 1. The van der Waals surface area contributed by atoms with E-state index in [0.29, 0.717) is 46.4 Å². The molecule has 1 fully saturated rings.